The van der Waals surface area contributed by atoms with Gasteiger partial charge in [-0.1, -0.05) is 13.0 Å². The van der Waals surface area contributed by atoms with Crippen LogP contribution in [-0.2, 0) is 10.0 Å². The van der Waals surface area contributed by atoms with E-state index in [0.29, 0.717) is 25.3 Å². The highest BCUT2D eigenvalue weighted by molar-refractivity contribution is 7.89. The summed E-state index contributed by atoms with van der Waals surface area (Å²) < 4.78 is 30.0. The number of hydrogen-bond acceptors (Lipinski definition) is 7. The van der Waals surface area contributed by atoms with Crippen molar-refractivity contribution in [3.8, 4) is 5.69 Å². The molecule has 0 N–H and O–H groups in total. The molecular formula is C18H29N7O2S. The third kappa shape index (κ3) is 4.75. The fourth-order valence-corrected chi connectivity index (χ4v) is 5.10. The Kier molecular flexibility index (Phi) is 6.76. The number of hydrogen-bond donors (Lipinski definition) is 0. The molecule has 0 bridgehead atoms. The second kappa shape index (κ2) is 9.08. The molecule has 1 aliphatic heterocycles. The predicted molar refractivity (Wildman–Crippen MR) is 107 cm³/mol. The maximum atomic E-state index is 13.5. The van der Waals surface area contributed by atoms with Gasteiger partial charge in [-0.05, 0) is 68.7 Å². The van der Waals surface area contributed by atoms with Crippen molar-refractivity contribution < 1.29 is 8.42 Å². The van der Waals surface area contributed by atoms with E-state index in [9.17, 15) is 8.42 Å². The number of likely N-dealkylation sites (N-methyl/N-ethyl adjacent to an activating group) is 2. The third-order valence-corrected chi connectivity index (χ3v) is 7.05. The molecule has 0 saturated carbocycles. The van der Waals surface area contributed by atoms with Crippen molar-refractivity contribution in [2.75, 3.05) is 46.8 Å². The van der Waals surface area contributed by atoms with Gasteiger partial charge in [0.2, 0.25) is 10.0 Å². The van der Waals surface area contributed by atoms with Gasteiger partial charge in [0.1, 0.15) is 6.33 Å². The Morgan fingerprint density at radius 3 is 2.75 bits per heavy atom. The van der Waals surface area contributed by atoms with E-state index >= 15 is 0 Å². The Morgan fingerprint density at radius 2 is 2.07 bits per heavy atom. The molecule has 1 unspecified atom stereocenters. The molecule has 0 amide bonds. The molecule has 1 saturated heterocycles. The Labute approximate surface area is 167 Å². The van der Waals surface area contributed by atoms with Crippen LogP contribution in [0.3, 0.4) is 0 Å². The van der Waals surface area contributed by atoms with E-state index in [1.54, 1.807) is 28.6 Å². The number of likely N-dealkylation sites (tertiary alicyclic amines) is 1. The van der Waals surface area contributed by atoms with E-state index in [-0.39, 0.29) is 10.9 Å². The van der Waals surface area contributed by atoms with Crippen molar-refractivity contribution in [2.24, 2.45) is 0 Å². The molecule has 0 spiro atoms. The molecule has 10 heteroatoms. The molecule has 1 fully saturated rings. The summed E-state index contributed by atoms with van der Waals surface area (Å²) in [5.74, 6) is 0. The molecule has 1 aromatic heterocycles. The van der Waals surface area contributed by atoms with Crippen LogP contribution in [0.1, 0.15) is 19.8 Å². The second-order valence-corrected chi connectivity index (χ2v) is 9.28. The van der Waals surface area contributed by atoms with Gasteiger partial charge >= 0.3 is 0 Å². The maximum Gasteiger partial charge on any atom is 0.243 e. The molecule has 2 heterocycles. The molecule has 1 aliphatic rings. The van der Waals surface area contributed by atoms with E-state index in [0.717, 1.165) is 25.9 Å². The molecule has 2 aromatic rings. The van der Waals surface area contributed by atoms with Gasteiger partial charge in [0.05, 0.1) is 10.6 Å². The van der Waals surface area contributed by atoms with E-state index in [1.807, 2.05) is 19.0 Å². The normalized spacial score (nSPS) is 18.4. The topological polar surface area (TPSA) is 87.5 Å². The largest absolute Gasteiger partial charge is 0.308 e. The van der Waals surface area contributed by atoms with Gasteiger partial charge in [0.15, 0.2) is 0 Å². The van der Waals surface area contributed by atoms with Crippen LogP contribution < -0.4 is 0 Å². The van der Waals surface area contributed by atoms with Gasteiger partial charge in [0, 0.05) is 25.7 Å². The first-order valence-electron chi connectivity index (χ1n) is 9.64. The first-order chi connectivity index (χ1) is 13.4. The van der Waals surface area contributed by atoms with Crippen molar-refractivity contribution in [1.29, 1.82) is 0 Å². The van der Waals surface area contributed by atoms with Gasteiger partial charge in [-0.2, -0.15) is 4.31 Å². The van der Waals surface area contributed by atoms with E-state index < -0.39 is 10.0 Å². The highest BCUT2D eigenvalue weighted by Gasteiger charge is 2.31. The summed E-state index contributed by atoms with van der Waals surface area (Å²) in [5, 5.41) is 11.1. The Hall–Kier alpha value is -1.88. The minimum atomic E-state index is -3.63. The highest BCUT2D eigenvalue weighted by atomic mass is 32.2. The molecular weight excluding hydrogens is 378 g/mol. The molecule has 9 nitrogen and oxygen atoms in total. The molecule has 154 valence electrons. The number of benzene rings is 1. The Balaban J connectivity index is 1.88. The smallest absolute Gasteiger partial charge is 0.243 e. The van der Waals surface area contributed by atoms with Crippen molar-refractivity contribution in [3.63, 3.8) is 0 Å². The monoisotopic (exact) mass is 407 g/mol. The zero-order valence-corrected chi connectivity index (χ0v) is 17.6. The first kappa shape index (κ1) is 20.8. The number of nitrogens with zero attached hydrogens (tertiary/aromatic N) is 7. The summed E-state index contributed by atoms with van der Waals surface area (Å²) in [4.78, 5) is 4.64. The van der Waals surface area contributed by atoms with Gasteiger partial charge in [-0.3, -0.25) is 4.90 Å². The summed E-state index contributed by atoms with van der Waals surface area (Å²) in [6, 6.07) is 7.04. The van der Waals surface area contributed by atoms with Crippen LogP contribution in [0.4, 0.5) is 0 Å². The van der Waals surface area contributed by atoms with Gasteiger partial charge in [0.25, 0.3) is 0 Å². The number of rotatable bonds is 9. The number of sulfonamides is 1. The summed E-state index contributed by atoms with van der Waals surface area (Å²) in [7, 11) is 0.279. The van der Waals surface area contributed by atoms with Gasteiger partial charge < -0.3 is 4.90 Å². The third-order valence-electron chi connectivity index (χ3n) is 5.19. The van der Waals surface area contributed by atoms with Gasteiger partial charge in [-0.15, -0.1) is 5.10 Å². The van der Waals surface area contributed by atoms with Crippen LogP contribution in [0.15, 0.2) is 35.5 Å². The van der Waals surface area contributed by atoms with Crippen LogP contribution in [0.2, 0.25) is 0 Å². The Bertz CT molecular complexity index is 855. The minimum absolute atomic E-state index is 0.264. The van der Waals surface area contributed by atoms with Crippen molar-refractivity contribution in [1.82, 2.24) is 34.3 Å². The summed E-state index contributed by atoms with van der Waals surface area (Å²) in [5.41, 5.74) is 0.620. The number of aromatic nitrogens is 4. The predicted octanol–water partition coefficient (Wildman–Crippen LogP) is 0.699. The first-order valence-corrected chi connectivity index (χ1v) is 11.1. The van der Waals surface area contributed by atoms with Crippen LogP contribution in [-0.4, -0.2) is 95.6 Å². The van der Waals surface area contributed by atoms with Crippen LogP contribution in [0, 0.1) is 0 Å². The van der Waals surface area contributed by atoms with E-state index in [1.165, 1.54) is 11.0 Å². The summed E-state index contributed by atoms with van der Waals surface area (Å²) >= 11 is 0. The van der Waals surface area contributed by atoms with Crippen LogP contribution >= 0.6 is 0 Å². The molecule has 0 radical (unpaired) electrons. The average Bonchev–Trinajstić information content (AvgIpc) is 3.36. The molecule has 28 heavy (non-hydrogen) atoms. The lowest BCUT2D eigenvalue weighted by atomic mass is 10.2. The van der Waals surface area contributed by atoms with Crippen LogP contribution in [0.5, 0.6) is 0 Å². The highest BCUT2D eigenvalue weighted by Crippen LogP contribution is 2.23. The average molecular weight is 408 g/mol. The lowest BCUT2D eigenvalue weighted by Crippen LogP contribution is -2.45. The maximum absolute atomic E-state index is 13.5. The zero-order valence-electron chi connectivity index (χ0n) is 16.8. The molecule has 0 aliphatic carbocycles. The van der Waals surface area contributed by atoms with Crippen molar-refractivity contribution >= 4 is 10.0 Å². The van der Waals surface area contributed by atoms with Crippen LogP contribution in [0.25, 0.3) is 5.69 Å². The van der Waals surface area contributed by atoms with E-state index in [4.69, 9.17) is 0 Å². The fraction of sp³-hybridized carbons (Fsp3) is 0.611. The summed E-state index contributed by atoms with van der Waals surface area (Å²) in [6.45, 7) is 5.76. The number of tetrazole rings is 1. The van der Waals surface area contributed by atoms with E-state index in [2.05, 4.69) is 27.3 Å². The standard InChI is InChI=1S/C18H29N7O2S/c1-4-23-10-6-8-17(23)14-24(12-11-22(2)3)28(26,27)18-9-5-7-16(13-18)25-15-19-20-21-25/h5,7,9,13,15,17H,4,6,8,10-12,14H2,1-3H3. The van der Waals surface area contributed by atoms with Crippen molar-refractivity contribution in [2.45, 2.75) is 30.7 Å². The van der Waals surface area contributed by atoms with Crippen molar-refractivity contribution in [3.05, 3.63) is 30.6 Å². The molecule has 1 aromatic carbocycles. The minimum Gasteiger partial charge on any atom is -0.308 e. The summed E-state index contributed by atoms with van der Waals surface area (Å²) in [6.07, 6.45) is 3.61. The second-order valence-electron chi connectivity index (χ2n) is 7.34. The molecule has 3 rings (SSSR count). The fourth-order valence-electron chi connectivity index (χ4n) is 3.59. The lowest BCUT2D eigenvalue weighted by Gasteiger charge is -2.30. The lowest BCUT2D eigenvalue weighted by molar-refractivity contribution is 0.220. The molecule has 1 atom stereocenters. The van der Waals surface area contributed by atoms with Gasteiger partial charge in [-0.25, -0.2) is 13.1 Å². The quantitative estimate of drug-likeness (QED) is 0.605. The Morgan fingerprint density at radius 1 is 1.25 bits per heavy atom. The SMILES string of the molecule is CCN1CCCC1CN(CCN(C)C)S(=O)(=O)c1cccc(-n2cnnn2)c1. The zero-order chi connectivity index (χ0) is 20.1.